The van der Waals surface area contributed by atoms with Crippen LogP contribution in [0, 0.1) is 16.0 Å². The van der Waals surface area contributed by atoms with Gasteiger partial charge in [-0.25, -0.2) is 0 Å². The van der Waals surface area contributed by atoms with Gasteiger partial charge in [0, 0.05) is 12.6 Å². The second kappa shape index (κ2) is 7.88. The van der Waals surface area contributed by atoms with Gasteiger partial charge in [-0.2, -0.15) is 0 Å². The molecular weight excluding hydrogens is 348 g/mol. The maximum absolute atomic E-state index is 11.4. The summed E-state index contributed by atoms with van der Waals surface area (Å²) in [5.41, 5.74) is 0.625. The van der Waals surface area contributed by atoms with Crippen LogP contribution in [0.1, 0.15) is 51.7 Å². The number of nitro groups is 1. The fourth-order valence-electron chi connectivity index (χ4n) is 3.71. The summed E-state index contributed by atoms with van der Waals surface area (Å²) in [6, 6.07) is 4.94. The number of hydrogen-bond acceptors (Lipinski definition) is 5. The lowest BCUT2D eigenvalue weighted by Gasteiger charge is -2.35. The number of ether oxygens (including phenoxy) is 1. The SMILES string of the molecule is CC[Si](CC)(CC)OC1=CC(C2CC2)OC(c2ccncc2[N+](=O)[O-])C1. The van der Waals surface area contributed by atoms with Crippen molar-refractivity contribution in [2.24, 2.45) is 5.92 Å². The molecule has 2 atom stereocenters. The minimum Gasteiger partial charge on any atom is -0.547 e. The van der Waals surface area contributed by atoms with Gasteiger partial charge < -0.3 is 9.16 Å². The van der Waals surface area contributed by atoms with Crippen LogP contribution in [0.4, 0.5) is 5.69 Å². The lowest BCUT2D eigenvalue weighted by atomic mass is 10.0. The molecule has 2 heterocycles. The van der Waals surface area contributed by atoms with Crippen molar-refractivity contribution in [2.75, 3.05) is 0 Å². The lowest BCUT2D eigenvalue weighted by Crippen LogP contribution is -2.37. The molecule has 26 heavy (non-hydrogen) atoms. The molecule has 0 aromatic carbocycles. The highest BCUT2D eigenvalue weighted by molar-refractivity contribution is 6.73. The molecule has 2 unspecified atom stereocenters. The van der Waals surface area contributed by atoms with Gasteiger partial charge in [0.2, 0.25) is 8.32 Å². The molecule has 0 bridgehead atoms. The number of hydrogen-bond donors (Lipinski definition) is 0. The summed E-state index contributed by atoms with van der Waals surface area (Å²) >= 11 is 0. The number of aromatic nitrogens is 1. The Labute approximate surface area is 155 Å². The zero-order chi connectivity index (χ0) is 18.7. The van der Waals surface area contributed by atoms with E-state index in [4.69, 9.17) is 9.16 Å². The van der Waals surface area contributed by atoms with Gasteiger partial charge in [-0.1, -0.05) is 20.8 Å². The van der Waals surface area contributed by atoms with Gasteiger partial charge in [-0.3, -0.25) is 15.1 Å². The molecule has 0 radical (unpaired) electrons. The topological polar surface area (TPSA) is 74.5 Å². The zero-order valence-corrected chi connectivity index (χ0v) is 16.8. The smallest absolute Gasteiger partial charge is 0.293 e. The summed E-state index contributed by atoms with van der Waals surface area (Å²) in [6.07, 6.45) is 7.56. The standard InChI is InChI=1S/C19H28N2O4Si/c1-4-26(5-2,6-3)25-15-11-18(14-7-8-14)24-19(12-15)16-9-10-20-13-17(16)21(22)23/h9-11,13-14,18-19H,4-8,12H2,1-3H3. The highest BCUT2D eigenvalue weighted by Gasteiger charge is 2.40. The molecule has 1 aromatic rings. The summed E-state index contributed by atoms with van der Waals surface area (Å²) in [6.45, 7) is 6.63. The highest BCUT2D eigenvalue weighted by Crippen LogP contribution is 2.44. The van der Waals surface area contributed by atoms with Crippen molar-refractivity contribution in [3.05, 3.63) is 46.0 Å². The zero-order valence-electron chi connectivity index (χ0n) is 15.8. The molecular formula is C19H28N2O4Si. The van der Waals surface area contributed by atoms with Crippen molar-refractivity contribution in [3.63, 3.8) is 0 Å². The maximum atomic E-state index is 11.4. The van der Waals surface area contributed by atoms with Crippen molar-refractivity contribution in [3.8, 4) is 0 Å². The van der Waals surface area contributed by atoms with Gasteiger partial charge in [0.05, 0.1) is 28.5 Å². The average molecular weight is 377 g/mol. The van der Waals surface area contributed by atoms with E-state index in [9.17, 15) is 10.1 Å². The minimum absolute atomic E-state index is 0.00575. The molecule has 0 amide bonds. The van der Waals surface area contributed by atoms with Crippen LogP contribution in [-0.2, 0) is 9.16 Å². The Balaban J connectivity index is 1.88. The molecule has 1 aliphatic carbocycles. The Morgan fingerprint density at radius 1 is 1.31 bits per heavy atom. The van der Waals surface area contributed by atoms with E-state index in [-0.39, 0.29) is 22.8 Å². The second-order valence-corrected chi connectivity index (χ2v) is 12.0. The van der Waals surface area contributed by atoms with E-state index in [1.807, 2.05) is 0 Å². The number of rotatable bonds is 8. The van der Waals surface area contributed by atoms with E-state index < -0.39 is 8.32 Å². The Bertz CT molecular complexity index is 678. The summed E-state index contributed by atoms with van der Waals surface area (Å²) in [4.78, 5) is 14.9. The molecule has 1 fully saturated rings. The molecule has 142 valence electrons. The fourth-order valence-corrected chi connectivity index (χ4v) is 6.35. The molecule has 1 aliphatic heterocycles. The van der Waals surface area contributed by atoms with Gasteiger partial charge in [0.15, 0.2) is 0 Å². The summed E-state index contributed by atoms with van der Waals surface area (Å²) in [7, 11) is -1.78. The van der Waals surface area contributed by atoms with Gasteiger partial charge in [-0.05, 0) is 49.0 Å². The van der Waals surface area contributed by atoms with E-state index in [0.29, 0.717) is 17.9 Å². The number of pyridine rings is 1. The Kier molecular flexibility index (Phi) is 5.77. The van der Waals surface area contributed by atoms with Gasteiger partial charge >= 0.3 is 0 Å². The minimum atomic E-state index is -1.78. The Morgan fingerprint density at radius 3 is 2.58 bits per heavy atom. The maximum Gasteiger partial charge on any atom is 0.293 e. The highest BCUT2D eigenvalue weighted by atomic mass is 28.4. The van der Waals surface area contributed by atoms with Crippen molar-refractivity contribution in [1.82, 2.24) is 4.98 Å². The monoisotopic (exact) mass is 376 g/mol. The first kappa shape index (κ1) is 19.0. The Hall–Kier alpha value is -1.73. The van der Waals surface area contributed by atoms with Crippen molar-refractivity contribution < 1.29 is 14.1 Å². The third-order valence-corrected chi connectivity index (χ3v) is 10.4. The van der Waals surface area contributed by atoms with Crippen LogP contribution in [0.2, 0.25) is 18.1 Å². The predicted octanol–water partition coefficient (Wildman–Crippen LogP) is 5.14. The summed E-state index contributed by atoms with van der Waals surface area (Å²) < 4.78 is 12.9. The molecule has 3 rings (SSSR count). The van der Waals surface area contributed by atoms with E-state index in [2.05, 4.69) is 31.8 Å². The molecule has 0 spiro atoms. The second-order valence-electron chi connectivity index (χ2n) is 7.30. The van der Waals surface area contributed by atoms with Crippen molar-refractivity contribution >= 4 is 14.0 Å². The van der Waals surface area contributed by atoms with E-state index >= 15 is 0 Å². The first-order chi connectivity index (χ1) is 12.5. The van der Waals surface area contributed by atoms with Gasteiger partial charge in [0.25, 0.3) is 5.69 Å². The van der Waals surface area contributed by atoms with Crippen LogP contribution in [0.15, 0.2) is 30.3 Å². The summed E-state index contributed by atoms with van der Waals surface area (Å²) in [5, 5.41) is 11.4. The van der Waals surface area contributed by atoms with E-state index in [0.717, 1.165) is 36.7 Å². The quantitative estimate of drug-likeness (QED) is 0.357. The molecule has 0 N–H and O–H groups in total. The van der Waals surface area contributed by atoms with E-state index in [1.54, 1.807) is 12.3 Å². The molecule has 1 aromatic heterocycles. The molecule has 2 aliphatic rings. The van der Waals surface area contributed by atoms with Crippen molar-refractivity contribution in [2.45, 2.75) is 70.4 Å². The molecule has 7 heteroatoms. The van der Waals surface area contributed by atoms with Crippen molar-refractivity contribution in [1.29, 1.82) is 0 Å². The van der Waals surface area contributed by atoms with Crippen LogP contribution in [0.5, 0.6) is 0 Å². The third-order valence-electron chi connectivity index (χ3n) is 5.80. The first-order valence-corrected chi connectivity index (χ1v) is 12.2. The van der Waals surface area contributed by atoms with Crippen LogP contribution in [0.25, 0.3) is 0 Å². The van der Waals surface area contributed by atoms with Gasteiger partial charge in [-0.15, -0.1) is 0 Å². The average Bonchev–Trinajstić information content (AvgIpc) is 3.51. The number of nitrogens with zero attached hydrogens (tertiary/aromatic N) is 2. The van der Waals surface area contributed by atoms with Crippen LogP contribution in [0.3, 0.4) is 0 Å². The lowest BCUT2D eigenvalue weighted by molar-refractivity contribution is -0.386. The van der Waals surface area contributed by atoms with Gasteiger partial charge in [0.1, 0.15) is 6.20 Å². The Morgan fingerprint density at radius 2 is 2.00 bits per heavy atom. The predicted molar refractivity (Wildman–Crippen MR) is 102 cm³/mol. The van der Waals surface area contributed by atoms with E-state index in [1.165, 1.54) is 6.20 Å². The normalized spacial score (nSPS) is 23.4. The van der Waals surface area contributed by atoms with Crippen LogP contribution < -0.4 is 0 Å². The fraction of sp³-hybridized carbons (Fsp3) is 0.632. The first-order valence-electron chi connectivity index (χ1n) is 9.65. The third kappa shape index (κ3) is 3.99. The largest absolute Gasteiger partial charge is 0.547 e. The van der Waals surface area contributed by atoms with Crippen LogP contribution in [-0.4, -0.2) is 24.3 Å². The van der Waals surface area contributed by atoms with Crippen LogP contribution >= 0.6 is 0 Å². The molecule has 1 saturated carbocycles. The molecule has 0 saturated heterocycles. The molecule has 6 nitrogen and oxygen atoms in total. The summed E-state index contributed by atoms with van der Waals surface area (Å²) in [5.74, 6) is 1.49.